The number of ether oxygens (including phenoxy) is 2. The Morgan fingerprint density at radius 1 is 0.755 bits per heavy atom. The van der Waals surface area contributed by atoms with E-state index >= 15 is 0 Å². The van der Waals surface area contributed by atoms with E-state index in [1.165, 1.54) is 22.9 Å². The molecule has 0 saturated heterocycles. The maximum atomic E-state index is 13.9. The minimum absolute atomic E-state index is 0.0235. The molecule has 5 rings (SSSR count). The Morgan fingerprint density at radius 2 is 1.18 bits per heavy atom. The summed E-state index contributed by atoms with van der Waals surface area (Å²) < 4.78 is 54.9. The number of carboxylic acid groups (broad SMARTS) is 2. The molecule has 0 bridgehead atoms. The summed E-state index contributed by atoms with van der Waals surface area (Å²) in [5.74, 6) is -4.38. The first-order valence-electron chi connectivity index (χ1n) is 14.6. The molecule has 0 radical (unpaired) electrons. The third kappa shape index (κ3) is 8.54. The van der Waals surface area contributed by atoms with Crippen LogP contribution in [0.1, 0.15) is 75.0 Å². The SMILES string of the molecule is COc1ccc(Cl)cc1C(C)n1nc(C(=O)O)cc1C.Cc1cc(C(=O)O)nn1C(C)c1cc(Cl)ccc1OCc1c(F)cc(F)cc1F. The number of benzene rings is 3. The van der Waals surface area contributed by atoms with E-state index in [2.05, 4.69) is 10.2 Å². The summed E-state index contributed by atoms with van der Waals surface area (Å²) >= 11 is 12.1. The van der Waals surface area contributed by atoms with Gasteiger partial charge in [0, 0.05) is 44.7 Å². The van der Waals surface area contributed by atoms with E-state index in [9.17, 15) is 22.8 Å². The van der Waals surface area contributed by atoms with Crippen molar-refractivity contribution >= 4 is 35.1 Å². The van der Waals surface area contributed by atoms with Gasteiger partial charge in [0.05, 0.1) is 24.8 Å². The number of carbonyl (C=O) groups is 2. The van der Waals surface area contributed by atoms with Gasteiger partial charge in [0.15, 0.2) is 11.4 Å². The van der Waals surface area contributed by atoms with E-state index in [0.29, 0.717) is 39.2 Å². The first kappa shape index (κ1) is 36.8. The number of halogens is 5. The van der Waals surface area contributed by atoms with Gasteiger partial charge in [-0.05, 0) is 76.2 Å². The molecule has 0 saturated carbocycles. The van der Waals surface area contributed by atoms with Crippen molar-refractivity contribution < 1.29 is 42.4 Å². The zero-order chi connectivity index (χ0) is 36.2. The Hall–Kier alpha value is -5.01. The first-order valence-corrected chi connectivity index (χ1v) is 15.3. The molecule has 0 fully saturated rings. The molecule has 3 aromatic carbocycles. The summed E-state index contributed by atoms with van der Waals surface area (Å²) in [6.45, 7) is 6.71. The van der Waals surface area contributed by atoms with E-state index in [0.717, 1.165) is 11.3 Å². The summed E-state index contributed by atoms with van der Waals surface area (Å²) in [6, 6.07) is 13.4. The minimum Gasteiger partial charge on any atom is -0.496 e. The lowest BCUT2D eigenvalue weighted by Crippen LogP contribution is -2.13. The average molecular weight is 720 g/mol. The summed E-state index contributed by atoms with van der Waals surface area (Å²) in [5, 5.41) is 27.3. The number of nitrogens with zero attached hydrogens (tertiary/aromatic N) is 4. The van der Waals surface area contributed by atoms with E-state index in [4.69, 9.17) is 42.9 Å². The molecule has 2 atom stereocenters. The second-order valence-electron chi connectivity index (χ2n) is 10.9. The summed E-state index contributed by atoms with van der Waals surface area (Å²) in [4.78, 5) is 22.2. The molecule has 258 valence electrons. The van der Waals surface area contributed by atoms with Crippen LogP contribution in [0.4, 0.5) is 13.2 Å². The van der Waals surface area contributed by atoms with Gasteiger partial charge in [-0.1, -0.05) is 23.2 Å². The largest absolute Gasteiger partial charge is 0.496 e. The lowest BCUT2D eigenvalue weighted by atomic mass is 10.1. The highest BCUT2D eigenvalue weighted by atomic mass is 35.5. The smallest absolute Gasteiger partial charge is 0.356 e. The topological polar surface area (TPSA) is 129 Å². The molecule has 10 nitrogen and oxygen atoms in total. The third-order valence-corrected chi connectivity index (χ3v) is 8.03. The van der Waals surface area contributed by atoms with Crippen molar-refractivity contribution in [3.05, 3.63) is 128 Å². The van der Waals surface area contributed by atoms with Crippen LogP contribution in [0.15, 0.2) is 60.7 Å². The normalized spacial score (nSPS) is 12.1. The molecule has 5 aromatic rings. The van der Waals surface area contributed by atoms with Crippen molar-refractivity contribution in [3.63, 3.8) is 0 Å². The predicted octanol–water partition coefficient (Wildman–Crippen LogP) is 8.31. The zero-order valence-corrected chi connectivity index (χ0v) is 28.4. The Kier molecular flexibility index (Phi) is 11.6. The molecule has 49 heavy (non-hydrogen) atoms. The second-order valence-corrected chi connectivity index (χ2v) is 11.8. The molecular formula is C34H31Cl2F3N4O6. The fourth-order valence-electron chi connectivity index (χ4n) is 5.10. The molecule has 2 unspecified atom stereocenters. The highest BCUT2D eigenvalue weighted by Crippen LogP contribution is 2.33. The zero-order valence-electron chi connectivity index (χ0n) is 26.8. The molecule has 15 heteroatoms. The molecule has 0 amide bonds. The van der Waals surface area contributed by atoms with Gasteiger partial charge in [0.1, 0.15) is 35.6 Å². The van der Waals surface area contributed by atoms with Gasteiger partial charge in [0.2, 0.25) is 0 Å². The monoisotopic (exact) mass is 718 g/mol. The van der Waals surface area contributed by atoms with Crippen LogP contribution in [0.5, 0.6) is 11.5 Å². The molecule has 2 aromatic heterocycles. The van der Waals surface area contributed by atoms with Crippen LogP contribution in [0, 0.1) is 31.3 Å². The standard InChI is InChI=1S/C20H16ClF3N2O3.C14H15ClN2O3/c1-10-5-18(20(27)28)25-26(10)11(2)14-6-12(21)3-4-19(14)29-9-15-16(23)7-13(22)8-17(15)24;1-8-6-12(14(18)19)16-17(8)9(2)11-7-10(15)4-5-13(11)20-3/h3-8,11H,9H2,1-2H3,(H,27,28);4-7,9H,1-3H3,(H,18,19). The Labute approximate surface area is 289 Å². The van der Waals surface area contributed by atoms with E-state index in [1.807, 2.05) is 13.8 Å². The Bertz CT molecular complexity index is 1990. The van der Waals surface area contributed by atoms with Crippen molar-refractivity contribution in [2.75, 3.05) is 7.11 Å². The average Bonchev–Trinajstić information content (AvgIpc) is 3.63. The van der Waals surface area contributed by atoms with Gasteiger partial charge >= 0.3 is 11.9 Å². The van der Waals surface area contributed by atoms with Gasteiger partial charge in [-0.25, -0.2) is 22.8 Å². The van der Waals surface area contributed by atoms with Crippen molar-refractivity contribution in [1.29, 1.82) is 0 Å². The van der Waals surface area contributed by atoms with E-state index in [-0.39, 0.29) is 23.2 Å². The molecule has 2 N–H and O–H groups in total. The van der Waals surface area contributed by atoms with Gasteiger partial charge in [-0.15, -0.1) is 0 Å². The molecular weight excluding hydrogens is 688 g/mol. The Morgan fingerprint density at radius 3 is 1.59 bits per heavy atom. The molecule has 0 aliphatic heterocycles. The van der Waals surface area contributed by atoms with Crippen LogP contribution in [0.2, 0.25) is 10.0 Å². The second kappa shape index (κ2) is 15.5. The fraction of sp³-hybridized carbons (Fsp3) is 0.235. The molecule has 2 heterocycles. The highest BCUT2D eigenvalue weighted by Gasteiger charge is 2.22. The summed E-state index contributed by atoms with van der Waals surface area (Å²) in [6.07, 6.45) is 0. The number of carboxylic acids is 2. The first-order chi connectivity index (χ1) is 23.1. The number of methoxy groups -OCH3 is 1. The van der Waals surface area contributed by atoms with E-state index < -0.39 is 47.6 Å². The van der Waals surface area contributed by atoms with Crippen LogP contribution < -0.4 is 9.47 Å². The number of aromatic carboxylic acids is 2. The van der Waals surface area contributed by atoms with E-state index in [1.54, 1.807) is 56.0 Å². The van der Waals surface area contributed by atoms with Crippen LogP contribution in [-0.4, -0.2) is 48.8 Å². The Balaban J connectivity index is 0.000000237. The van der Waals surface area contributed by atoms with Gasteiger partial charge in [-0.3, -0.25) is 9.36 Å². The van der Waals surface area contributed by atoms with Crippen LogP contribution in [-0.2, 0) is 6.61 Å². The van der Waals surface area contributed by atoms with Crippen molar-refractivity contribution in [1.82, 2.24) is 19.6 Å². The maximum Gasteiger partial charge on any atom is 0.356 e. The fourth-order valence-corrected chi connectivity index (χ4v) is 5.46. The van der Waals surface area contributed by atoms with Crippen LogP contribution in [0.3, 0.4) is 0 Å². The van der Waals surface area contributed by atoms with Crippen molar-refractivity contribution in [3.8, 4) is 11.5 Å². The number of hydrogen-bond donors (Lipinski definition) is 2. The molecule has 0 aliphatic carbocycles. The minimum atomic E-state index is -1.16. The predicted molar refractivity (Wildman–Crippen MR) is 176 cm³/mol. The number of aryl methyl sites for hydroxylation is 2. The summed E-state index contributed by atoms with van der Waals surface area (Å²) in [7, 11) is 1.58. The van der Waals surface area contributed by atoms with Gasteiger partial charge in [0.25, 0.3) is 0 Å². The lowest BCUT2D eigenvalue weighted by molar-refractivity contribution is 0.0678. The van der Waals surface area contributed by atoms with Crippen LogP contribution in [0.25, 0.3) is 0 Å². The molecule has 0 spiro atoms. The quantitative estimate of drug-likeness (QED) is 0.148. The maximum absolute atomic E-state index is 13.9. The number of rotatable bonds is 10. The number of hydrogen-bond acceptors (Lipinski definition) is 6. The third-order valence-electron chi connectivity index (χ3n) is 7.56. The number of aromatic nitrogens is 4. The molecule has 0 aliphatic rings. The van der Waals surface area contributed by atoms with Gasteiger partial charge < -0.3 is 19.7 Å². The van der Waals surface area contributed by atoms with Crippen molar-refractivity contribution in [2.45, 2.75) is 46.4 Å². The lowest BCUT2D eigenvalue weighted by Gasteiger charge is -2.19. The summed E-state index contributed by atoms with van der Waals surface area (Å²) in [5.41, 5.74) is 2.23. The van der Waals surface area contributed by atoms with Gasteiger partial charge in [-0.2, -0.15) is 10.2 Å². The van der Waals surface area contributed by atoms with Crippen molar-refractivity contribution in [2.24, 2.45) is 0 Å². The highest BCUT2D eigenvalue weighted by molar-refractivity contribution is 6.31. The van der Waals surface area contributed by atoms with Crippen LogP contribution >= 0.6 is 23.2 Å².